The van der Waals surface area contributed by atoms with E-state index in [0.29, 0.717) is 29.9 Å². The summed E-state index contributed by atoms with van der Waals surface area (Å²) < 4.78 is 10.9. The van der Waals surface area contributed by atoms with E-state index in [4.69, 9.17) is 9.15 Å². The summed E-state index contributed by atoms with van der Waals surface area (Å²) in [5, 5.41) is 9.43. The second-order valence-electron chi connectivity index (χ2n) is 5.42. The van der Waals surface area contributed by atoms with E-state index in [9.17, 15) is 10.1 Å². The van der Waals surface area contributed by atoms with Gasteiger partial charge in [-0.1, -0.05) is 24.3 Å². The van der Waals surface area contributed by atoms with Gasteiger partial charge in [0.05, 0.1) is 19.3 Å². The van der Waals surface area contributed by atoms with Crippen LogP contribution < -0.4 is 0 Å². The first kappa shape index (κ1) is 13.7. The molecule has 0 spiro atoms. The smallest absolute Gasteiger partial charge is 0.220 e. The van der Waals surface area contributed by atoms with Crippen molar-refractivity contribution in [2.75, 3.05) is 0 Å². The number of hydrogen-bond donors (Lipinski definition) is 0. The zero-order valence-corrected chi connectivity index (χ0v) is 12.2. The Morgan fingerprint density at radius 2 is 2.00 bits per heavy atom. The van der Waals surface area contributed by atoms with Gasteiger partial charge in [-0.2, -0.15) is 5.26 Å². The molecule has 1 atom stereocenters. The molecule has 1 aliphatic rings. The van der Waals surface area contributed by atoms with Crippen LogP contribution in [0.5, 0.6) is 0 Å². The van der Waals surface area contributed by atoms with Gasteiger partial charge in [0.1, 0.15) is 5.52 Å². The first-order chi connectivity index (χ1) is 11.3. The lowest BCUT2D eigenvalue weighted by Gasteiger charge is -2.06. The number of carbonyl (C=O) groups excluding carboxylic acids is 1. The summed E-state index contributed by atoms with van der Waals surface area (Å²) in [5.41, 5.74) is 3.75. The fraction of sp³-hybridized carbons (Fsp3) is 0.167. The highest BCUT2D eigenvalue weighted by molar-refractivity contribution is 6.02. The molecule has 0 saturated heterocycles. The van der Waals surface area contributed by atoms with Crippen molar-refractivity contribution in [2.24, 2.45) is 0 Å². The Labute approximate surface area is 132 Å². The highest BCUT2D eigenvalue weighted by Crippen LogP contribution is 2.27. The summed E-state index contributed by atoms with van der Waals surface area (Å²) in [6, 6.07) is 14.6. The number of Topliss-reactive ketones (excluding diaryl/α,β-unsaturated/α-hetero) is 1. The number of rotatable bonds is 3. The molecule has 2 aromatic carbocycles. The largest absolute Gasteiger partial charge is 0.439 e. The second-order valence-corrected chi connectivity index (χ2v) is 5.42. The number of ether oxygens (including phenoxy) is 1. The van der Waals surface area contributed by atoms with Crippen molar-refractivity contribution in [2.45, 2.75) is 19.1 Å². The van der Waals surface area contributed by atoms with Crippen LogP contribution in [0.15, 0.2) is 46.9 Å². The van der Waals surface area contributed by atoms with Crippen LogP contribution in [0, 0.1) is 11.3 Å². The van der Waals surface area contributed by atoms with Gasteiger partial charge >= 0.3 is 0 Å². The maximum absolute atomic E-state index is 12.7. The number of hydrogen-bond acceptors (Lipinski definition) is 5. The van der Waals surface area contributed by atoms with Crippen LogP contribution >= 0.6 is 0 Å². The maximum Gasteiger partial charge on any atom is 0.220 e. The first-order valence-corrected chi connectivity index (χ1v) is 7.25. The second kappa shape index (κ2) is 5.34. The fourth-order valence-corrected chi connectivity index (χ4v) is 2.73. The van der Waals surface area contributed by atoms with Crippen LogP contribution in [-0.4, -0.2) is 10.8 Å². The average Bonchev–Trinajstić information content (AvgIpc) is 3.21. The number of ketones is 1. The number of oxazole rings is 1. The van der Waals surface area contributed by atoms with E-state index in [2.05, 4.69) is 4.98 Å². The standard InChI is InChI=1S/C18H12N2O3/c19-8-14(18-20-15-3-1-2-4-16(15)23-18)17(21)11-5-6-12-9-22-10-13(12)7-11/h1-7,14H,9-10H2/t14-/m1/s1. The lowest BCUT2D eigenvalue weighted by atomic mass is 9.96. The minimum absolute atomic E-state index is 0.135. The number of fused-ring (bicyclic) bond motifs is 2. The lowest BCUT2D eigenvalue weighted by Crippen LogP contribution is -2.12. The summed E-state index contributed by atoms with van der Waals surface area (Å²) in [6.07, 6.45) is 0. The van der Waals surface area contributed by atoms with E-state index < -0.39 is 5.92 Å². The molecule has 0 radical (unpaired) electrons. The summed E-state index contributed by atoms with van der Waals surface area (Å²) in [6.45, 7) is 1.06. The molecular weight excluding hydrogens is 292 g/mol. The number of nitriles is 1. The molecule has 4 rings (SSSR count). The average molecular weight is 304 g/mol. The normalized spacial score (nSPS) is 14.4. The zero-order chi connectivity index (χ0) is 15.8. The molecule has 0 fully saturated rings. The number of carbonyl (C=O) groups is 1. The SMILES string of the molecule is N#C[C@H](C(=O)c1ccc2c(c1)COC2)c1nc2ccccc2o1. The van der Waals surface area contributed by atoms with Gasteiger partial charge in [0.25, 0.3) is 0 Å². The third kappa shape index (κ3) is 2.30. The molecule has 23 heavy (non-hydrogen) atoms. The quantitative estimate of drug-likeness (QED) is 0.693. The highest BCUT2D eigenvalue weighted by Gasteiger charge is 2.28. The maximum atomic E-state index is 12.7. The van der Waals surface area contributed by atoms with Crippen LogP contribution in [0.1, 0.15) is 33.3 Å². The van der Waals surface area contributed by atoms with Crippen molar-refractivity contribution in [3.05, 3.63) is 65.0 Å². The monoisotopic (exact) mass is 304 g/mol. The molecule has 0 unspecified atom stereocenters. The summed E-state index contributed by atoms with van der Waals surface area (Å²) in [5.74, 6) is -1.23. The molecule has 0 N–H and O–H groups in total. The molecule has 0 aliphatic carbocycles. The van der Waals surface area contributed by atoms with Crippen molar-refractivity contribution < 1.29 is 13.9 Å². The molecule has 1 aliphatic heterocycles. The fourth-order valence-electron chi connectivity index (χ4n) is 2.73. The Morgan fingerprint density at radius 3 is 2.83 bits per heavy atom. The Hall–Kier alpha value is -2.97. The lowest BCUT2D eigenvalue weighted by molar-refractivity contribution is 0.0970. The third-order valence-electron chi connectivity index (χ3n) is 3.95. The summed E-state index contributed by atoms with van der Waals surface area (Å²) in [7, 11) is 0. The predicted molar refractivity (Wildman–Crippen MR) is 81.6 cm³/mol. The first-order valence-electron chi connectivity index (χ1n) is 7.25. The molecule has 112 valence electrons. The van der Waals surface area contributed by atoms with Gasteiger partial charge in [-0.3, -0.25) is 4.79 Å². The Bertz CT molecular complexity index is 919. The van der Waals surface area contributed by atoms with Gasteiger partial charge in [0.2, 0.25) is 5.89 Å². The van der Waals surface area contributed by atoms with Crippen LogP contribution in [0.25, 0.3) is 11.1 Å². The van der Waals surface area contributed by atoms with Crippen molar-refractivity contribution in [1.82, 2.24) is 4.98 Å². The number of benzene rings is 2. The molecule has 0 amide bonds. The van der Waals surface area contributed by atoms with Crippen molar-refractivity contribution >= 4 is 16.9 Å². The molecule has 0 saturated carbocycles. The molecule has 2 heterocycles. The highest BCUT2D eigenvalue weighted by atomic mass is 16.5. The number of nitrogens with zero attached hydrogens (tertiary/aromatic N) is 2. The van der Waals surface area contributed by atoms with Crippen LogP contribution in [0.3, 0.4) is 0 Å². The zero-order valence-electron chi connectivity index (χ0n) is 12.2. The van der Waals surface area contributed by atoms with E-state index in [0.717, 1.165) is 11.1 Å². The van der Waals surface area contributed by atoms with Gasteiger partial charge in [0.15, 0.2) is 17.3 Å². The topological polar surface area (TPSA) is 76.1 Å². The number of para-hydroxylation sites is 2. The van der Waals surface area contributed by atoms with Crippen LogP contribution in [-0.2, 0) is 18.0 Å². The minimum atomic E-state index is -1.05. The van der Waals surface area contributed by atoms with E-state index in [-0.39, 0.29) is 11.7 Å². The van der Waals surface area contributed by atoms with Crippen molar-refractivity contribution in [3.8, 4) is 6.07 Å². The number of aromatic nitrogens is 1. The summed E-state index contributed by atoms with van der Waals surface area (Å²) in [4.78, 5) is 17.0. The van der Waals surface area contributed by atoms with Crippen LogP contribution in [0.4, 0.5) is 0 Å². The Kier molecular flexibility index (Phi) is 3.18. The van der Waals surface area contributed by atoms with Gasteiger partial charge in [-0.15, -0.1) is 0 Å². The minimum Gasteiger partial charge on any atom is -0.439 e. The van der Waals surface area contributed by atoms with Gasteiger partial charge in [0, 0.05) is 5.56 Å². The molecule has 1 aromatic heterocycles. The van der Waals surface area contributed by atoms with Gasteiger partial charge in [-0.25, -0.2) is 4.98 Å². The van der Waals surface area contributed by atoms with E-state index in [1.165, 1.54) is 0 Å². The Balaban J connectivity index is 1.71. The van der Waals surface area contributed by atoms with E-state index >= 15 is 0 Å². The van der Waals surface area contributed by atoms with Gasteiger partial charge < -0.3 is 9.15 Å². The van der Waals surface area contributed by atoms with Crippen molar-refractivity contribution in [3.63, 3.8) is 0 Å². The molecule has 0 bridgehead atoms. The summed E-state index contributed by atoms with van der Waals surface area (Å²) >= 11 is 0. The molecular formula is C18H12N2O3. The predicted octanol–water partition coefficient (Wildman–Crippen LogP) is 3.35. The molecule has 5 heteroatoms. The Morgan fingerprint density at radius 1 is 1.17 bits per heavy atom. The molecule has 5 nitrogen and oxygen atoms in total. The third-order valence-corrected chi connectivity index (χ3v) is 3.95. The molecule has 3 aromatic rings. The van der Waals surface area contributed by atoms with Crippen LogP contribution in [0.2, 0.25) is 0 Å². The van der Waals surface area contributed by atoms with Crippen molar-refractivity contribution in [1.29, 1.82) is 5.26 Å². The van der Waals surface area contributed by atoms with Gasteiger partial charge in [-0.05, 0) is 29.3 Å². The van der Waals surface area contributed by atoms with E-state index in [1.54, 1.807) is 24.3 Å². The van der Waals surface area contributed by atoms with E-state index in [1.807, 2.05) is 24.3 Å².